The Hall–Kier alpha value is -0.820. The monoisotopic (exact) mass is 245 g/mol. The molecule has 0 aromatic heterocycles. The lowest BCUT2D eigenvalue weighted by Gasteiger charge is -2.19. The van der Waals surface area contributed by atoms with Crippen molar-refractivity contribution in [2.75, 3.05) is 7.05 Å². The number of likely N-dealkylation sites (N-methyl/N-ethyl adjacent to an activating group) is 1. The molecule has 0 radical (unpaired) electrons. The van der Waals surface area contributed by atoms with Gasteiger partial charge in [-0.2, -0.15) is 0 Å². The number of rotatable bonds is 4. The molecule has 0 heterocycles. The second kappa shape index (κ2) is 4.38. The average Bonchev–Trinajstić information content (AvgIpc) is 2.67. The van der Waals surface area contributed by atoms with E-state index in [4.69, 9.17) is 0 Å². The SMILES string of the molecule is CNC(Cc1cccc(C)c1)C1C(C)(C)C1(C)C. The van der Waals surface area contributed by atoms with E-state index in [-0.39, 0.29) is 0 Å². The molecule has 1 saturated carbocycles. The minimum Gasteiger partial charge on any atom is -0.316 e. The van der Waals surface area contributed by atoms with Gasteiger partial charge in [0.2, 0.25) is 0 Å². The number of hydrogen-bond donors (Lipinski definition) is 1. The zero-order valence-electron chi connectivity index (χ0n) is 12.7. The first-order valence-corrected chi connectivity index (χ1v) is 7.03. The highest BCUT2D eigenvalue weighted by Crippen LogP contribution is 2.69. The molecule has 0 amide bonds. The van der Waals surface area contributed by atoms with Crippen molar-refractivity contribution in [2.24, 2.45) is 16.7 Å². The highest BCUT2D eigenvalue weighted by atomic mass is 14.9. The Kier molecular flexibility index (Phi) is 3.31. The van der Waals surface area contributed by atoms with E-state index in [9.17, 15) is 0 Å². The van der Waals surface area contributed by atoms with Gasteiger partial charge in [0, 0.05) is 6.04 Å². The van der Waals surface area contributed by atoms with Gasteiger partial charge in [0.15, 0.2) is 0 Å². The Morgan fingerprint density at radius 1 is 1.17 bits per heavy atom. The van der Waals surface area contributed by atoms with Crippen molar-refractivity contribution in [1.82, 2.24) is 5.32 Å². The van der Waals surface area contributed by atoms with E-state index in [1.54, 1.807) is 0 Å². The molecule has 18 heavy (non-hydrogen) atoms. The van der Waals surface area contributed by atoms with E-state index < -0.39 is 0 Å². The molecule has 0 spiro atoms. The second-order valence-corrected chi connectivity index (χ2v) is 7.01. The Labute approximate surface area is 112 Å². The molecule has 1 unspecified atom stereocenters. The fourth-order valence-corrected chi connectivity index (χ4v) is 3.73. The summed E-state index contributed by atoms with van der Waals surface area (Å²) in [7, 11) is 2.10. The van der Waals surface area contributed by atoms with Gasteiger partial charge in [0.1, 0.15) is 0 Å². The molecule has 1 N–H and O–H groups in total. The summed E-state index contributed by atoms with van der Waals surface area (Å²) in [5, 5.41) is 3.54. The molecule has 1 fully saturated rings. The highest BCUT2D eigenvalue weighted by Gasteiger charge is 2.66. The molecular weight excluding hydrogens is 218 g/mol. The van der Waals surface area contributed by atoms with Crippen molar-refractivity contribution in [3.05, 3.63) is 35.4 Å². The molecule has 0 saturated heterocycles. The molecule has 1 aliphatic rings. The van der Waals surface area contributed by atoms with Gasteiger partial charge in [0.05, 0.1) is 0 Å². The molecule has 1 aliphatic carbocycles. The molecule has 1 atom stereocenters. The smallest absolute Gasteiger partial charge is 0.0143 e. The highest BCUT2D eigenvalue weighted by molar-refractivity contribution is 5.25. The van der Waals surface area contributed by atoms with Crippen molar-refractivity contribution in [2.45, 2.75) is 47.1 Å². The van der Waals surface area contributed by atoms with Gasteiger partial charge in [-0.15, -0.1) is 0 Å². The summed E-state index contributed by atoms with van der Waals surface area (Å²) < 4.78 is 0. The third-order valence-corrected chi connectivity index (χ3v) is 5.44. The van der Waals surface area contributed by atoms with Gasteiger partial charge in [-0.3, -0.25) is 0 Å². The van der Waals surface area contributed by atoms with Crippen LogP contribution in [0.1, 0.15) is 38.8 Å². The van der Waals surface area contributed by atoms with E-state index in [1.165, 1.54) is 11.1 Å². The van der Waals surface area contributed by atoms with Crippen molar-refractivity contribution in [3.8, 4) is 0 Å². The topological polar surface area (TPSA) is 12.0 Å². The zero-order valence-corrected chi connectivity index (χ0v) is 12.7. The Balaban J connectivity index is 2.13. The third kappa shape index (κ3) is 2.09. The van der Waals surface area contributed by atoms with Gasteiger partial charge in [0.25, 0.3) is 0 Å². The largest absolute Gasteiger partial charge is 0.316 e. The summed E-state index contributed by atoms with van der Waals surface area (Å²) in [4.78, 5) is 0. The van der Waals surface area contributed by atoms with E-state index in [0.29, 0.717) is 16.9 Å². The molecule has 1 heteroatoms. The lowest BCUT2D eigenvalue weighted by atomic mass is 9.96. The summed E-state index contributed by atoms with van der Waals surface area (Å²) in [6.45, 7) is 11.8. The van der Waals surface area contributed by atoms with E-state index in [2.05, 4.69) is 71.2 Å². The van der Waals surface area contributed by atoms with Crippen LogP contribution in [0.15, 0.2) is 24.3 Å². The quantitative estimate of drug-likeness (QED) is 0.850. The molecule has 1 nitrogen and oxygen atoms in total. The van der Waals surface area contributed by atoms with Crippen LogP contribution >= 0.6 is 0 Å². The standard InChI is InChI=1S/C17H27N/c1-12-8-7-9-13(10-12)11-14(18-6)15-16(2,3)17(15,4)5/h7-10,14-15,18H,11H2,1-6H3. The molecule has 0 bridgehead atoms. The normalized spacial score (nSPS) is 22.8. The van der Waals surface area contributed by atoms with E-state index in [1.807, 2.05) is 0 Å². The molecule has 2 rings (SSSR count). The van der Waals surface area contributed by atoms with Gasteiger partial charge < -0.3 is 5.32 Å². The second-order valence-electron chi connectivity index (χ2n) is 7.01. The van der Waals surface area contributed by atoms with Crippen LogP contribution < -0.4 is 5.32 Å². The predicted octanol–water partition coefficient (Wildman–Crippen LogP) is 3.81. The Morgan fingerprint density at radius 3 is 2.22 bits per heavy atom. The first kappa shape index (κ1) is 13.6. The van der Waals surface area contributed by atoms with Crippen LogP contribution in [0.4, 0.5) is 0 Å². The van der Waals surface area contributed by atoms with Crippen molar-refractivity contribution in [1.29, 1.82) is 0 Å². The first-order valence-electron chi connectivity index (χ1n) is 7.03. The van der Waals surface area contributed by atoms with Crippen LogP contribution in [-0.4, -0.2) is 13.1 Å². The van der Waals surface area contributed by atoms with Gasteiger partial charge >= 0.3 is 0 Å². The molecule has 1 aromatic carbocycles. The van der Waals surface area contributed by atoms with Crippen LogP contribution in [-0.2, 0) is 6.42 Å². The van der Waals surface area contributed by atoms with Gasteiger partial charge in [-0.1, -0.05) is 57.5 Å². The fourth-order valence-electron chi connectivity index (χ4n) is 3.73. The van der Waals surface area contributed by atoms with E-state index in [0.717, 1.165) is 12.3 Å². The Bertz CT molecular complexity index is 417. The molecule has 1 aromatic rings. The van der Waals surface area contributed by atoms with Crippen LogP contribution in [0, 0.1) is 23.7 Å². The molecule has 100 valence electrons. The lowest BCUT2D eigenvalue weighted by molar-refractivity contribution is 0.421. The van der Waals surface area contributed by atoms with Crippen molar-refractivity contribution in [3.63, 3.8) is 0 Å². The number of aryl methyl sites for hydroxylation is 1. The van der Waals surface area contributed by atoms with Gasteiger partial charge in [-0.05, 0) is 42.7 Å². The summed E-state index contributed by atoms with van der Waals surface area (Å²) >= 11 is 0. The lowest BCUT2D eigenvalue weighted by Crippen LogP contribution is -2.32. The maximum Gasteiger partial charge on any atom is 0.0143 e. The number of hydrogen-bond acceptors (Lipinski definition) is 1. The minimum atomic E-state index is 0.449. The summed E-state index contributed by atoms with van der Waals surface area (Å²) in [6.07, 6.45) is 1.13. The maximum absolute atomic E-state index is 3.54. The Morgan fingerprint density at radius 2 is 1.78 bits per heavy atom. The number of nitrogens with one attached hydrogen (secondary N) is 1. The zero-order chi connectivity index (χ0) is 13.6. The fraction of sp³-hybridized carbons (Fsp3) is 0.647. The third-order valence-electron chi connectivity index (χ3n) is 5.44. The van der Waals surface area contributed by atoms with Crippen LogP contribution in [0.2, 0.25) is 0 Å². The van der Waals surface area contributed by atoms with Crippen molar-refractivity contribution >= 4 is 0 Å². The average molecular weight is 245 g/mol. The van der Waals surface area contributed by atoms with E-state index >= 15 is 0 Å². The predicted molar refractivity (Wildman–Crippen MR) is 78.8 cm³/mol. The maximum atomic E-state index is 3.54. The summed E-state index contributed by atoms with van der Waals surface area (Å²) in [5.41, 5.74) is 3.71. The van der Waals surface area contributed by atoms with Crippen LogP contribution in [0.5, 0.6) is 0 Å². The minimum absolute atomic E-state index is 0.449. The van der Waals surface area contributed by atoms with Crippen LogP contribution in [0.25, 0.3) is 0 Å². The first-order chi connectivity index (χ1) is 8.30. The number of benzene rings is 1. The van der Waals surface area contributed by atoms with Crippen molar-refractivity contribution < 1.29 is 0 Å². The van der Waals surface area contributed by atoms with Gasteiger partial charge in [-0.25, -0.2) is 0 Å². The van der Waals surface area contributed by atoms with Crippen LogP contribution in [0.3, 0.4) is 0 Å². The molecular formula is C17H27N. The molecule has 0 aliphatic heterocycles. The summed E-state index contributed by atoms with van der Waals surface area (Å²) in [5.74, 6) is 0.760. The summed E-state index contributed by atoms with van der Waals surface area (Å²) in [6, 6.07) is 9.48.